The Morgan fingerprint density at radius 2 is 1.42 bits per heavy atom. The number of aromatic carboxylic acids is 1. The lowest BCUT2D eigenvalue weighted by atomic mass is 10.1. The number of pyridine rings is 1. The van der Waals surface area contributed by atoms with Crippen LogP contribution in [-0.4, -0.2) is 76.6 Å². The van der Waals surface area contributed by atoms with Gasteiger partial charge >= 0.3 is 5.97 Å². The molecule has 0 saturated heterocycles. The lowest BCUT2D eigenvalue weighted by molar-refractivity contribution is -0.118. The van der Waals surface area contributed by atoms with E-state index in [9.17, 15) is 53.3 Å². The van der Waals surface area contributed by atoms with Crippen LogP contribution in [0, 0.1) is 12.7 Å². The number of amides is 5. The molecule has 0 aliphatic carbocycles. The van der Waals surface area contributed by atoms with Gasteiger partial charge in [-0.2, -0.15) is 0 Å². The van der Waals surface area contributed by atoms with E-state index >= 15 is 0 Å². The Morgan fingerprint density at radius 1 is 0.806 bits per heavy atom. The minimum absolute atomic E-state index is 0.0458. The molecular weight excluding hydrogens is 880 g/mol. The van der Waals surface area contributed by atoms with Crippen LogP contribution in [0.5, 0.6) is 23.0 Å². The van der Waals surface area contributed by atoms with Crippen LogP contribution in [0.2, 0.25) is 0 Å². The Kier molecular flexibility index (Phi) is 15.8. The zero-order valence-corrected chi connectivity index (χ0v) is 35.5. The zero-order chi connectivity index (χ0) is 48.9. The highest BCUT2D eigenvalue weighted by Gasteiger charge is 2.25. The molecule has 2 heterocycles. The van der Waals surface area contributed by atoms with Crippen molar-refractivity contribution in [3.63, 3.8) is 0 Å². The molecule has 0 aliphatic rings. The summed E-state index contributed by atoms with van der Waals surface area (Å²) in [6.45, 7) is 1.68. The van der Waals surface area contributed by atoms with Crippen molar-refractivity contribution >= 4 is 69.7 Å². The van der Waals surface area contributed by atoms with Crippen LogP contribution in [-0.2, 0) is 9.59 Å². The number of halogens is 1. The number of aromatic nitrogens is 1. The SMILES string of the molecule is COc1c(NC(=O)c2ccc(NC(=O)c3ccc(NC(=O)C(C/C(N)=C/N)NC(=O)c4ccc(NC=O)cc4)cn3)c(OC)c2O)ccc(C(=O)O)c1O.Cc1cc(=O)c2cc(F)ccc2o1. The molecule has 4 aromatic carbocycles. The molecule has 22 heteroatoms. The number of carboxylic acid groups (broad SMARTS) is 1. The molecule has 0 saturated carbocycles. The van der Waals surface area contributed by atoms with Crippen molar-refractivity contribution < 1.29 is 62.4 Å². The van der Waals surface area contributed by atoms with E-state index in [2.05, 4.69) is 31.6 Å². The van der Waals surface area contributed by atoms with Crippen LogP contribution in [0.25, 0.3) is 11.0 Å². The van der Waals surface area contributed by atoms with Gasteiger partial charge in [-0.1, -0.05) is 0 Å². The highest BCUT2D eigenvalue weighted by atomic mass is 19.1. The second kappa shape index (κ2) is 21.7. The smallest absolute Gasteiger partial charge is 0.339 e. The first-order chi connectivity index (χ1) is 32.0. The Labute approximate surface area is 378 Å². The number of benzene rings is 4. The molecule has 12 N–H and O–H groups in total. The number of aromatic hydroxyl groups is 2. The Hall–Kier alpha value is -9.47. The number of carbonyl (C=O) groups excluding carboxylic acids is 5. The van der Waals surface area contributed by atoms with Crippen LogP contribution < -0.4 is 53.0 Å². The lowest BCUT2D eigenvalue weighted by Crippen LogP contribution is -2.44. The van der Waals surface area contributed by atoms with E-state index in [1.807, 2.05) is 0 Å². The first kappa shape index (κ1) is 48.6. The summed E-state index contributed by atoms with van der Waals surface area (Å²) >= 11 is 0. The third-order valence-electron chi connectivity index (χ3n) is 9.37. The second-order valence-electron chi connectivity index (χ2n) is 13.9. The van der Waals surface area contributed by atoms with Gasteiger partial charge in [0.2, 0.25) is 12.3 Å². The maximum Gasteiger partial charge on any atom is 0.339 e. The number of carboxylic acids is 1. The molecule has 6 rings (SSSR count). The molecule has 1 atom stereocenters. The summed E-state index contributed by atoms with van der Waals surface area (Å²) in [7, 11) is 2.34. The summed E-state index contributed by atoms with van der Waals surface area (Å²) in [5.74, 6) is -6.26. The highest BCUT2D eigenvalue weighted by Crippen LogP contribution is 2.40. The molecule has 6 aromatic rings. The van der Waals surface area contributed by atoms with E-state index in [-0.39, 0.29) is 68.3 Å². The number of hydrogen-bond donors (Lipinski definition) is 10. The average molecular weight is 921 g/mol. The van der Waals surface area contributed by atoms with Crippen molar-refractivity contribution in [2.45, 2.75) is 19.4 Å². The van der Waals surface area contributed by atoms with Crippen LogP contribution in [0.1, 0.15) is 53.7 Å². The van der Waals surface area contributed by atoms with Gasteiger partial charge in [0.05, 0.1) is 48.4 Å². The van der Waals surface area contributed by atoms with E-state index in [0.29, 0.717) is 23.4 Å². The van der Waals surface area contributed by atoms with Crippen LogP contribution >= 0.6 is 0 Å². The molecule has 1 unspecified atom stereocenters. The maximum absolute atomic E-state index is 13.2. The number of ether oxygens (including phenoxy) is 2. The quantitative estimate of drug-likeness (QED) is 0.0638. The molecule has 0 fully saturated rings. The number of anilines is 4. The van der Waals surface area contributed by atoms with Crippen molar-refractivity contribution in [1.82, 2.24) is 10.3 Å². The minimum atomic E-state index is -1.42. The Morgan fingerprint density at radius 3 is 2.00 bits per heavy atom. The molecule has 2 aromatic heterocycles. The second-order valence-corrected chi connectivity index (χ2v) is 13.9. The number of phenols is 2. The number of nitrogens with zero attached hydrogens (tertiary/aromatic N) is 1. The predicted octanol–water partition coefficient (Wildman–Crippen LogP) is 4.41. The first-order valence-electron chi connectivity index (χ1n) is 19.4. The van der Waals surface area contributed by atoms with Gasteiger partial charge in [0.25, 0.3) is 17.7 Å². The summed E-state index contributed by atoms with van der Waals surface area (Å²) in [4.78, 5) is 89.6. The van der Waals surface area contributed by atoms with Gasteiger partial charge < -0.3 is 67.3 Å². The number of carbonyl (C=O) groups is 6. The Balaban J connectivity index is 0.000000550. The molecular formula is C45H41FN8O13. The van der Waals surface area contributed by atoms with Crippen LogP contribution in [0.3, 0.4) is 0 Å². The van der Waals surface area contributed by atoms with Crippen molar-refractivity contribution in [3.05, 3.63) is 147 Å². The summed E-state index contributed by atoms with van der Waals surface area (Å²) in [6, 6.07) is 17.3. The van der Waals surface area contributed by atoms with Gasteiger partial charge in [-0.3, -0.25) is 28.8 Å². The fourth-order valence-corrected chi connectivity index (χ4v) is 6.11. The predicted molar refractivity (Wildman–Crippen MR) is 241 cm³/mol. The monoisotopic (exact) mass is 920 g/mol. The third kappa shape index (κ3) is 12.0. The summed E-state index contributed by atoms with van der Waals surface area (Å²) in [6.07, 6.45) is 2.62. The summed E-state index contributed by atoms with van der Waals surface area (Å²) < 4.78 is 28.3. The normalized spacial score (nSPS) is 11.2. The fraction of sp³-hybridized carbons (Fsp3) is 0.111. The number of hydrogen-bond acceptors (Lipinski definition) is 15. The van der Waals surface area contributed by atoms with Crippen molar-refractivity contribution in [3.8, 4) is 23.0 Å². The molecule has 0 bridgehead atoms. The number of nitrogens with two attached hydrogens (primary N) is 2. The zero-order valence-electron chi connectivity index (χ0n) is 35.5. The highest BCUT2D eigenvalue weighted by molar-refractivity contribution is 6.10. The molecule has 67 heavy (non-hydrogen) atoms. The number of rotatable bonds is 15. The molecule has 21 nitrogen and oxygen atoms in total. The van der Waals surface area contributed by atoms with E-state index < -0.39 is 58.5 Å². The number of phenolic OH excluding ortho intramolecular Hbond substituents is 1. The minimum Gasteiger partial charge on any atom is -0.504 e. The topological polar surface area (TPSA) is 337 Å². The van der Waals surface area contributed by atoms with E-state index in [1.54, 1.807) is 6.92 Å². The lowest BCUT2D eigenvalue weighted by Gasteiger charge is -2.19. The van der Waals surface area contributed by atoms with Gasteiger partial charge in [0.15, 0.2) is 28.4 Å². The largest absolute Gasteiger partial charge is 0.504 e. The third-order valence-corrected chi connectivity index (χ3v) is 9.37. The van der Waals surface area contributed by atoms with E-state index in [1.165, 1.54) is 92.2 Å². The van der Waals surface area contributed by atoms with Crippen molar-refractivity contribution in [1.29, 1.82) is 0 Å². The van der Waals surface area contributed by atoms with Crippen molar-refractivity contribution in [2.75, 3.05) is 35.5 Å². The van der Waals surface area contributed by atoms with Gasteiger partial charge in [-0.25, -0.2) is 14.2 Å². The van der Waals surface area contributed by atoms with Gasteiger partial charge in [-0.05, 0) is 85.8 Å². The van der Waals surface area contributed by atoms with E-state index in [0.717, 1.165) is 19.4 Å². The van der Waals surface area contributed by atoms with E-state index in [4.69, 9.17) is 25.4 Å². The average Bonchev–Trinajstić information content (AvgIpc) is 3.29. The van der Waals surface area contributed by atoms with Crippen LogP contribution in [0.15, 0.2) is 112 Å². The standard InChI is InChI=1S/C35H34N8O11.C10H7FO2/c1-53-29-24(11-8-21(27(29)45)32(48)41-23-12-9-22(35(51)52)28(46)30(23)54-2)42-33(49)25-10-7-20(15-38-25)40-34(50)26(13-18(37)14-36)43-31(47)17-3-5-19(6-4-17)39-16-44;1-6-4-9(12)8-5-7(11)2-3-10(8)13-6/h3-12,14-16,26,45-46H,13,36-37H2,1-2H3,(H,39,44)(H,40,50)(H,41,48)(H,42,49)(H,43,47)(H,51,52);2-5H,1H3/b18-14-;. The molecule has 5 amide bonds. The van der Waals surface area contributed by atoms with Crippen molar-refractivity contribution in [2.24, 2.45) is 11.5 Å². The number of fused-ring (bicyclic) bond motifs is 1. The summed E-state index contributed by atoms with van der Waals surface area (Å²) in [5, 5.41) is 43.2. The number of methoxy groups -OCH3 is 2. The molecule has 346 valence electrons. The molecule has 0 radical (unpaired) electrons. The number of aryl methyl sites for hydroxylation is 1. The summed E-state index contributed by atoms with van der Waals surface area (Å²) in [5.41, 5.74) is 11.4. The van der Waals surface area contributed by atoms with Gasteiger partial charge in [-0.15, -0.1) is 0 Å². The maximum atomic E-state index is 13.2. The van der Waals surface area contributed by atoms with Gasteiger partial charge in [0, 0.05) is 35.6 Å². The Bertz CT molecular complexity index is 2960. The molecule has 0 aliphatic heterocycles. The first-order valence-corrected chi connectivity index (χ1v) is 19.4. The number of nitrogens with one attached hydrogen (secondary N) is 5. The fourth-order valence-electron chi connectivity index (χ4n) is 6.11. The molecule has 0 spiro atoms. The van der Waals surface area contributed by atoms with Crippen LogP contribution in [0.4, 0.5) is 27.1 Å². The van der Waals surface area contributed by atoms with Gasteiger partial charge in [0.1, 0.15) is 34.5 Å².